The van der Waals surface area contributed by atoms with Crippen molar-refractivity contribution in [2.75, 3.05) is 0 Å². The van der Waals surface area contributed by atoms with Crippen molar-refractivity contribution in [1.82, 2.24) is 19.3 Å². The summed E-state index contributed by atoms with van der Waals surface area (Å²) >= 11 is 0. The zero-order valence-corrected chi connectivity index (χ0v) is 32.2. The summed E-state index contributed by atoms with van der Waals surface area (Å²) in [5, 5.41) is 7.20. The van der Waals surface area contributed by atoms with Gasteiger partial charge in [0.1, 0.15) is 11.6 Å². The van der Waals surface area contributed by atoms with Gasteiger partial charge in [0.25, 0.3) is 0 Å². The van der Waals surface area contributed by atoms with E-state index in [0.29, 0.717) is 11.5 Å². The minimum Gasteiger partial charge on any atom is -0.509 e. The summed E-state index contributed by atoms with van der Waals surface area (Å²) in [5.41, 5.74) is 10.5. The summed E-state index contributed by atoms with van der Waals surface area (Å²) < 4.78 is 16.7. The van der Waals surface area contributed by atoms with Gasteiger partial charge in [0.05, 0.1) is 11.8 Å². The minimum atomic E-state index is 0. The molecule has 0 bridgehead atoms. The van der Waals surface area contributed by atoms with Gasteiger partial charge in [-0.3, -0.25) is 4.68 Å². The Morgan fingerprint density at radius 3 is 2.15 bits per heavy atom. The van der Waals surface area contributed by atoms with Crippen LogP contribution in [0.3, 0.4) is 0 Å². The molecule has 7 heteroatoms. The molecule has 0 aliphatic carbocycles. The number of benzene rings is 5. The minimum absolute atomic E-state index is 0. The van der Waals surface area contributed by atoms with E-state index in [0.717, 1.165) is 67.1 Å². The third-order valence-electron chi connectivity index (χ3n) is 9.41. The van der Waals surface area contributed by atoms with E-state index in [4.69, 9.17) is 19.6 Å². The molecule has 3 heterocycles. The Bertz CT molecular complexity index is 2550. The molecular formula is C46H40N4O2Pd. The summed E-state index contributed by atoms with van der Waals surface area (Å²) in [6.07, 6.45) is 1.83. The Labute approximate surface area is 324 Å². The maximum Gasteiger partial charge on any atom is 2.00 e. The van der Waals surface area contributed by atoms with Gasteiger partial charge >= 0.3 is 20.4 Å². The number of aromatic nitrogens is 4. The van der Waals surface area contributed by atoms with Crippen LogP contribution in [0.4, 0.5) is 0 Å². The second-order valence-corrected chi connectivity index (χ2v) is 13.8. The number of para-hydroxylation sites is 1. The molecule has 0 unspecified atom stereocenters. The standard InChI is InChI=1S/C46H40N4O2.Pd/c1-29(2)36-24-37(50-32(6)46(31(5)48-50)35-18-16-34(17-19-35)33-12-8-7-9-13-33)26-40(25-36)52-38-20-21-42-41-14-10-11-15-43(41)49(44(42)27-38)45-28-39(22-23-47-45)51-30(3)4;/h7-25,28-30H,1-6H3;/q-2;+2. The SMILES string of the molecule is Cc1nn(-c2[c-]c(Oc3[c-]c4c(cc3)c3ccccc3n4-c3cc(OC(C)C)ccn3)cc(C(C)C)c2)c(C)c1-c1ccc(-c2ccccc2)cc1.[Pd+2]. The average Bonchev–Trinajstić information content (AvgIpc) is 3.64. The fraction of sp³-hybridized carbons (Fsp3) is 0.174. The number of hydrogen-bond donors (Lipinski definition) is 0. The van der Waals surface area contributed by atoms with E-state index >= 15 is 0 Å². The molecule has 53 heavy (non-hydrogen) atoms. The first kappa shape index (κ1) is 35.9. The third-order valence-corrected chi connectivity index (χ3v) is 9.41. The van der Waals surface area contributed by atoms with E-state index in [1.807, 2.05) is 48.9 Å². The van der Waals surface area contributed by atoms with Crippen LogP contribution in [0.1, 0.15) is 50.6 Å². The molecule has 0 amide bonds. The normalized spacial score (nSPS) is 11.4. The van der Waals surface area contributed by atoms with Crippen molar-refractivity contribution < 1.29 is 29.9 Å². The second-order valence-electron chi connectivity index (χ2n) is 13.8. The van der Waals surface area contributed by atoms with Gasteiger partial charge in [0, 0.05) is 40.5 Å². The molecule has 8 rings (SSSR count). The summed E-state index contributed by atoms with van der Waals surface area (Å²) in [4.78, 5) is 4.74. The van der Waals surface area contributed by atoms with E-state index in [2.05, 4.69) is 129 Å². The Morgan fingerprint density at radius 1 is 0.679 bits per heavy atom. The molecule has 0 saturated carbocycles. The maximum atomic E-state index is 6.61. The molecule has 6 nitrogen and oxygen atoms in total. The van der Waals surface area contributed by atoms with Crippen LogP contribution in [0, 0.1) is 26.0 Å². The van der Waals surface area contributed by atoms with Gasteiger partial charge in [-0.05, 0) is 73.5 Å². The van der Waals surface area contributed by atoms with Crippen LogP contribution in [-0.4, -0.2) is 25.4 Å². The first-order valence-corrected chi connectivity index (χ1v) is 17.8. The topological polar surface area (TPSA) is 54.1 Å². The summed E-state index contributed by atoms with van der Waals surface area (Å²) in [7, 11) is 0. The first-order chi connectivity index (χ1) is 25.2. The van der Waals surface area contributed by atoms with Gasteiger partial charge in [-0.2, -0.15) is 11.2 Å². The van der Waals surface area contributed by atoms with Crippen LogP contribution >= 0.6 is 0 Å². The van der Waals surface area contributed by atoms with Gasteiger partial charge in [-0.15, -0.1) is 41.3 Å². The first-order valence-electron chi connectivity index (χ1n) is 17.8. The van der Waals surface area contributed by atoms with Gasteiger partial charge in [-0.25, -0.2) is 4.98 Å². The maximum absolute atomic E-state index is 6.61. The molecule has 0 fully saturated rings. The zero-order valence-electron chi connectivity index (χ0n) is 30.6. The molecule has 5 aromatic carbocycles. The molecular weight excluding hydrogens is 747 g/mol. The summed E-state index contributed by atoms with van der Waals surface area (Å²) in [6, 6.07) is 46.8. The number of ether oxygens (including phenoxy) is 2. The number of aryl methyl sites for hydroxylation is 1. The van der Waals surface area contributed by atoms with Crippen molar-refractivity contribution >= 4 is 21.8 Å². The number of pyridine rings is 1. The monoisotopic (exact) mass is 786 g/mol. The molecule has 0 saturated heterocycles. The summed E-state index contributed by atoms with van der Waals surface area (Å²) in [5.74, 6) is 2.97. The van der Waals surface area contributed by atoms with Gasteiger partial charge in [0.2, 0.25) is 0 Å². The fourth-order valence-corrected chi connectivity index (χ4v) is 6.96. The quantitative estimate of drug-likeness (QED) is 0.108. The molecule has 0 atom stereocenters. The van der Waals surface area contributed by atoms with Crippen molar-refractivity contribution in [3.05, 3.63) is 151 Å². The van der Waals surface area contributed by atoms with Crippen LogP contribution < -0.4 is 9.47 Å². The molecule has 3 aromatic heterocycles. The predicted molar refractivity (Wildman–Crippen MR) is 210 cm³/mol. The van der Waals surface area contributed by atoms with Crippen molar-refractivity contribution in [2.45, 2.75) is 53.6 Å². The van der Waals surface area contributed by atoms with Crippen molar-refractivity contribution in [3.63, 3.8) is 0 Å². The van der Waals surface area contributed by atoms with Crippen molar-refractivity contribution in [3.8, 4) is 51.0 Å². The van der Waals surface area contributed by atoms with Crippen LogP contribution in [-0.2, 0) is 20.4 Å². The third kappa shape index (κ3) is 7.03. The number of fused-ring (bicyclic) bond motifs is 3. The van der Waals surface area contributed by atoms with Crippen LogP contribution in [0.2, 0.25) is 0 Å². The number of nitrogens with zero attached hydrogens (tertiary/aromatic N) is 4. The van der Waals surface area contributed by atoms with E-state index in [9.17, 15) is 0 Å². The molecule has 0 spiro atoms. The Morgan fingerprint density at radius 2 is 1.40 bits per heavy atom. The zero-order chi connectivity index (χ0) is 35.9. The van der Waals surface area contributed by atoms with E-state index in [1.165, 1.54) is 11.1 Å². The van der Waals surface area contributed by atoms with E-state index in [-0.39, 0.29) is 32.4 Å². The Balaban J connectivity index is 0.00000435. The number of rotatable bonds is 9. The molecule has 266 valence electrons. The van der Waals surface area contributed by atoms with E-state index in [1.54, 1.807) is 6.20 Å². The Hall–Kier alpha value is -5.48. The van der Waals surface area contributed by atoms with Crippen LogP contribution in [0.5, 0.6) is 17.2 Å². The summed E-state index contributed by atoms with van der Waals surface area (Å²) in [6.45, 7) is 12.6. The molecule has 0 N–H and O–H groups in total. The molecule has 0 aliphatic rings. The van der Waals surface area contributed by atoms with E-state index < -0.39 is 0 Å². The fourth-order valence-electron chi connectivity index (χ4n) is 6.96. The molecule has 0 aliphatic heterocycles. The smallest absolute Gasteiger partial charge is 0.509 e. The van der Waals surface area contributed by atoms with Gasteiger partial charge in [-0.1, -0.05) is 92.2 Å². The predicted octanol–water partition coefficient (Wildman–Crippen LogP) is 11.6. The molecule has 8 aromatic rings. The molecule has 0 radical (unpaired) electrons. The van der Waals surface area contributed by atoms with Crippen molar-refractivity contribution in [2.24, 2.45) is 0 Å². The average molecular weight is 787 g/mol. The Kier molecular flexibility index (Phi) is 10.1. The number of hydrogen-bond acceptors (Lipinski definition) is 4. The largest absolute Gasteiger partial charge is 2.00 e. The van der Waals surface area contributed by atoms with Gasteiger partial charge in [0.15, 0.2) is 0 Å². The van der Waals surface area contributed by atoms with Crippen LogP contribution in [0.15, 0.2) is 121 Å². The van der Waals surface area contributed by atoms with Gasteiger partial charge < -0.3 is 14.0 Å². The van der Waals surface area contributed by atoms with Crippen LogP contribution in [0.25, 0.3) is 55.6 Å². The van der Waals surface area contributed by atoms with Crippen molar-refractivity contribution in [1.29, 1.82) is 0 Å². The second kappa shape index (κ2) is 14.9.